The summed E-state index contributed by atoms with van der Waals surface area (Å²) in [4.78, 5) is 7.44. The minimum absolute atomic E-state index is 0. The zero-order valence-corrected chi connectivity index (χ0v) is 3.20. The second kappa shape index (κ2) is 1.50. The Hall–Kier alpha value is -0.920. The molecule has 1 heterocycles. The van der Waals surface area contributed by atoms with Gasteiger partial charge in [-0.25, -0.2) is 0 Å². The summed E-state index contributed by atoms with van der Waals surface area (Å²) in [5.74, 6) is 0. The summed E-state index contributed by atoms with van der Waals surface area (Å²) in [7, 11) is 0. The molecule has 0 N–H and O–H groups in total. The van der Waals surface area contributed by atoms with Crippen LogP contribution in [0.3, 0.4) is 0 Å². The highest BCUT2D eigenvalue weighted by molar-refractivity contribution is 4.70. The molecule has 0 atom stereocenters. The third kappa shape index (κ3) is 0.516. The Labute approximate surface area is 38.8 Å². The van der Waals surface area contributed by atoms with E-state index in [2.05, 4.69) is 9.97 Å². The van der Waals surface area contributed by atoms with Gasteiger partial charge in [-0.1, -0.05) is 0 Å². The summed E-state index contributed by atoms with van der Waals surface area (Å²) in [6, 6.07) is 0. The van der Waals surface area contributed by atoms with E-state index in [4.69, 9.17) is 0 Å². The van der Waals surface area contributed by atoms with Crippen LogP contribution in [-0.4, -0.2) is 9.97 Å². The Balaban J connectivity index is 0. The third-order valence-corrected chi connectivity index (χ3v) is 0.478. The van der Waals surface area contributed by atoms with E-state index in [1.807, 2.05) is 0 Å². The molecule has 1 aromatic heterocycles. The van der Waals surface area contributed by atoms with Crippen molar-refractivity contribution >= 4 is 0 Å². The molecule has 2 heteroatoms. The van der Waals surface area contributed by atoms with Crippen LogP contribution in [-0.2, 0) is 0 Å². The monoisotopic (exact) mass is 84.1 g/mol. The molecule has 34 valence electrons. The van der Waals surface area contributed by atoms with E-state index in [-0.39, 0.29) is 2.85 Å². The van der Waals surface area contributed by atoms with E-state index in [9.17, 15) is 0 Å². The summed E-state index contributed by atoms with van der Waals surface area (Å²) in [6.45, 7) is 0. The van der Waals surface area contributed by atoms with E-state index >= 15 is 0 Å². The van der Waals surface area contributed by atoms with Gasteiger partial charge >= 0.3 is 0 Å². The standard InChI is InChI=1S/C4H4N2.2H2/c1-2-6-4-3-5-1;;/h1-4H;2*1H. The highest BCUT2D eigenvalue weighted by Crippen LogP contribution is 1.65. The lowest BCUT2D eigenvalue weighted by molar-refractivity contribution is 1.20. The molecule has 2 nitrogen and oxygen atoms in total. The van der Waals surface area contributed by atoms with Gasteiger partial charge in [-0.15, -0.1) is 0 Å². The van der Waals surface area contributed by atoms with Crippen LogP contribution < -0.4 is 0 Å². The Morgan fingerprint density at radius 1 is 0.833 bits per heavy atom. The summed E-state index contributed by atoms with van der Waals surface area (Å²) >= 11 is 0. The fourth-order valence-electron chi connectivity index (χ4n) is 0.253. The van der Waals surface area contributed by atoms with Crippen molar-refractivity contribution in [2.24, 2.45) is 0 Å². The fourth-order valence-corrected chi connectivity index (χ4v) is 0.253. The van der Waals surface area contributed by atoms with Crippen molar-refractivity contribution in [1.29, 1.82) is 0 Å². The van der Waals surface area contributed by atoms with E-state index in [0.29, 0.717) is 0 Å². The Morgan fingerprint density at radius 3 is 1.33 bits per heavy atom. The van der Waals surface area contributed by atoms with Gasteiger partial charge in [0.25, 0.3) is 0 Å². The highest BCUT2D eigenvalue weighted by atomic mass is 14.7. The molecule has 0 aliphatic rings. The van der Waals surface area contributed by atoms with Crippen molar-refractivity contribution < 1.29 is 2.85 Å². The van der Waals surface area contributed by atoms with Crippen LogP contribution in [0.5, 0.6) is 0 Å². The zero-order chi connectivity index (χ0) is 4.24. The molecule has 0 aliphatic heterocycles. The molecule has 0 fully saturated rings. The largest absolute Gasteiger partial charge is 0.262 e. The molecule has 1 aromatic rings. The number of aromatic nitrogens is 2. The molecule has 0 spiro atoms. The minimum atomic E-state index is 0. The normalized spacial score (nSPS) is 8.00. The molecule has 6 heavy (non-hydrogen) atoms. The van der Waals surface area contributed by atoms with E-state index in [0.717, 1.165) is 0 Å². The lowest BCUT2D eigenvalue weighted by Crippen LogP contribution is -1.66. The number of hydrogen-bond donors (Lipinski definition) is 0. The Kier molecular flexibility index (Phi) is 0.819. The molecule has 0 unspecified atom stereocenters. The predicted octanol–water partition coefficient (Wildman–Crippen LogP) is 0.969. The maximum atomic E-state index is 3.72. The second-order valence-electron chi connectivity index (χ2n) is 0.894. The first kappa shape index (κ1) is 3.28. The van der Waals surface area contributed by atoms with Gasteiger partial charge in [0.15, 0.2) is 0 Å². The topological polar surface area (TPSA) is 25.8 Å². The van der Waals surface area contributed by atoms with Gasteiger partial charge in [-0.05, 0) is 0 Å². The van der Waals surface area contributed by atoms with E-state index in [1.54, 1.807) is 24.8 Å². The summed E-state index contributed by atoms with van der Waals surface area (Å²) in [5.41, 5.74) is 0. The summed E-state index contributed by atoms with van der Waals surface area (Å²) in [5, 5.41) is 0. The Morgan fingerprint density at radius 2 is 1.17 bits per heavy atom. The van der Waals surface area contributed by atoms with Gasteiger partial charge in [0.1, 0.15) is 0 Å². The summed E-state index contributed by atoms with van der Waals surface area (Å²) < 4.78 is 0. The highest BCUT2D eigenvalue weighted by Gasteiger charge is 1.59. The van der Waals surface area contributed by atoms with Crippen LogP contribution in [0.1, 0.15) is 2.85 Å². The Bertz CT molecular complexity index is 84.0. The lowest BCUT2D eigenvalue weighted by atomic mass is 10.8. The average molecular weight is 84.1 g/mol. The zero-order valence-electron chi connectivity index (χ0n) is 3.20. The second-order valence-corrected chi connectivity index (χ2v) is 0.894. The van der Waals surface area contributed by atoms with Crippen molar-refractivity contribution in [3.05, 3.63) is 24.8 Å². The molecule has 1 rings (SSSR count). The first-order chi connectivity index (χ1) is 3.00. The fraction of sp³-hybridized carbons (Fsp3) is 0. The quantitative estimate of drug-likeness (QED) is 0.468. The minimum Gasteiger partial charge on any atom is -0.262 e. The van der Waals surface area contributed by atoms with Crippen LogP contribution in [0.25, 0.3) is 0 Å². The smallest absolute Gasteiger partial charge is 0.0451 e. The molecular formula is C4H8N2. The first-order valence-corrected chi connectivity index (χ1v) is 1.70. The van der Waals surface area contributed by atoms with Gasteiger partial charge in [-0.2, -0.15) is 0 Å². The molecular weight excluding hydrogens is 76.1 g/mol. The molecule has 0 saturated heterocycles. The van der Waals surface area contributed by atoms with Crippen molar-refractivity contribution in [1.82, 2.24) is 9.97 Å². The van der Waals surface area contributed by atoms with Crippen molar-refractivity contribution in [3.63, 3.8) is 0 Å². The molecule has 0 saturated carbocycles. The van der Waals surface area contributed by atoms with Gasteiger partial charge in [-0.3, -0.25) is 9.97 Å². The van der Waals surface area contributed by atoms with Crippen LogP contribution in [0.4, 0.5) is 0 Å². The van der Waals surface area contributed by atoms with Gasteiger partial charge < -0.3 is 0 Å². The maximum absolute atomic E-state index is 3.72. The number of hydrogen-bond acceptors (Lipinski definition) is 2. The van der Waals surface area contributed by atoms with Crippen molar-refractivity contribution in [2.75, 3.05) is 0 Å². The molecule has 0 bridgehead atoms. The van der Waals surface area contributed by atoms with Crippen LogP contribution in [0.15, 0.2) is 24.8 Å². The maximum Gasteiger partial charge on any atom is 0.0451 e. The van der Waals surface area contributed by atoms with Crippen LogP contribution >= 0.6 is 0 Å². The molecule has 0 aromatic carbocycles. The summed E-state index contributed by atoms with van der Waals surface area (Å²) in [6.07, 6.45) is 6.56. The van der Waals surface area contributed by atoms with Crippen molar-refractivity contribution in [3.8, 4) is 0 Å². The first-order valence-electron chi connectivity index (χ1n) is 1.70. The number of nitrogens with zero attached hydrogens (tertiary/aromatic N) is 2. The van der Waals surface area contributed by atoms with Gasteiger partial charge in [0.05, 0.1) is 0 Å². The average Bonchev–Trinajstić information content (AvgIpc) is 1.72. The molecule has 0 amide bonds. The molecule has 0 radical (unpaired) electrons. The van der Waals surface area contributed by atoms with Crippen LogP contribution in [0.2, 0.25) is 0 Å². The van der Waals surface area contributed by atoms with E-state index < -0.39 is 0 Å². The van der Waals surface area contributed by atoms with Gasteiger partial charge in [0.2, 0.25) is 0 Å². The van der Waals surface area contributed by atoms with Gasteiger partial charge in [0, 0.05) is 27.6 Å². The SMILES string of the molecule is [HH].[HH].c1cnccn1. The van der Waals surface area contributed by atoms with Crippen molar-refractivity contribution in [2.45, 2.75) is 0 Å². The third-order valence-electron chi connectivity index (χ3n) is 0.478. The van der Waals surface area contributed by atoms with E-state index in [1.165, 1.54) is 0 Å². The predicted molar refractivity (Wildman–Crippen MR) is 26.3 cm³/mol. The van der Waals surface area contributed by atoms with Crippen LogP contribution in [0, 0.1) is 0 Å². The lowest BCUT2D eigenvalue weighted by Gasteiger charge is -1.70. The molecule has 0 aliphatic carbocycles. The number of rotatable bonds is 0.